The Morgan fingerprint density at radius 1 is 1.39 bits per heavy atom. The number of urea groups is 1. The van der Waals surface area contributed by atoms with Crippen LogP contribution in [-0.4, -0.2) is 35.8 Å². The standard InChI is InChI=1S/C11H12N4O3/c12-7-3-1-2-4-8(7)14-9(16)6-15-10(17)5-13-11(15)18/h1-4H,5-6,12H2,(H,13,18)(H,14,16). The van der Waals surface area contributed by atoms with Gasteiger partial charge >= 0.3 is 6.03 Å². The van der Waals surface area contributed by atoms with Gasteiger partial charge in [-0.1, -0.05) is 12.1 Å². The average Bonchev–Trinajstić information content (AvgIpc) is 2.64. The highest BCUT2D eigenvalue weighted by Crippen LogP contribution is 2.16. The van der Waals surface area contributed by atoms with E-state index in [1.165, 1.54) is 0 Å². The molecule has 0 spiro atoms. The maximum atomic E-state index is 11.7. The van der Waals surface area contributed by atoms with E-state index in [-0.39, 0.29) is 13.1 Å². The van der Waals surface area contributed by atoms with Crippen LogP contribution in [-0.2, 0) is 9.59 Å². The number of nitrogens with zero attached hydrogens (tertiary/aromatic N) is 1. The fourth-order valence-corrected chi connectivity index (χ4v) is 1.56. The average molecular weight is 248 g/mol. The number of amides is 4. The van der Waals surface area contributed by atoms with Crippen molar-refractivity contribution in [3.8, 4) is 0 Å². The molecule has 0 saturated carbocycles. The molecule has 1 aromatic carbocycles. The fourth-order valence-electron chi connectivity index (χ4n) is 1.56. The Hall–Kier alpha value is -2.57. The SMILES string of the molecule is Nc1ccccc1NC(=O)CN1C(=O)CNC1=O. The normalized spacial score (nSPS) is 14.6. The molecule has 1 aromatic rings. The van der Waals surface area contributed by atoms with Gasteiger partial charge in [0.15, 0.2) is 0 Å². The lowest BCUT2D eigenvalue weighted by atomic mass is 10.2. The second kappa shape index (κ2) is 4.74. The van der Waals surface area contributed by atoms with Crippen LogP contribution in [0.15, 0.2) is 24.3 Å². The highest BCUT2D eigenvalue weighted by atomic mass is 16.2. The Kier molecular flexibility index (Phi) is 3.13. The second-order valence-corrected chi connectivity index (χ2v) is 3.77. The van der Waals surface area contributed by atoms with E-state index >= 15 is 0 Å². The van der Waals surface area contributed by atoms with Gasteiger partial charge in [0.25, 0.3) is 5.91 Å². The number of anilines is 2. The summed E-state index contributed by atoms with van der Waals surface area (Å²) in [7, 11) is 0. The molecule has 0 aromatic heterocycles. The van der Waals surface area contributed by atoms with Crippen molar-refractivity contribution in [1.82, 2.24) is 10.2 Å². The summed E-state index contributed by atoms with van der Waals surface area (Å²) in [5, 5.41) is 4.87. The Bertz CT molecular complexity index is 499. The van der Waals surface area contributed by atoms with E-state index in [0.717, 1.165) is 4.90 Å². The molecule has 7 heteroatoms. The van der Waals surface area contributed by atoms with Gasteiger partial charge in [-0.05, 0) is 12.1 Å². The molecule has 0 bridgehead atoms. The second-order valence-electron chi connectivity index (χ2n) is 3.77. The molecule has 1 heterocycles. The maximum absolute atomic E-state index is 11.7. The van der Waals surface area contributed by atoms with E-state index in [1.54, 1.807) is 24.3 Å². The number of carbonyl (C=O) groups excluding carboxylic acids is 3. The van der Waals surface area contributed by atoms with Crippen LogP contribution in [0.1, 0.15) is 0 Å². The van der Waals surface area contributed by atoms with Crippen LogP contribution in [0.4, 0.5) is 16.2 Å². The van der Waals surface area contributed by atoms with Gasteiger partial charge in [-0.3, -0.25) is 14.5 Å². The number of hydrogen-bond acceptors (Lipinski definition) is 4. The summed E-state index contributed by atoms with van der Waals surface area (Å²) < 4.78 is 0. The zero-order valence-electron chi connectivity index (χ0n) is 9.47. The molecule has 4 amide bonds. The van der Waals surface area contributed by atoms with Gasteiger partial charge in [0.2, 0.25) is 5.91 Å². The molecule has 1 saturated heterocycles. The van der Waals surface area contributed by atoms with Crippen molar-refractivity contribution in [3.63, 3.8) is 0 Å². The van der Waals surface area contributed by atoms with Crippen LogP contribution >= 0.6 is 0 Å². The number of rotatable bonds is 3. The molecule has 18 heavy (non-hydrogen) atoms. The lowest BCUT2D eigenvalue weighted by molar-refractivity contribution is -0.128. The summed E-state index contributed by atoms with van der Waals surface area (Å²) in [6.45, 7) is -0.390. The summed E-state index contributed by atoms with van der Waals surface area (Å²) in [5.74, 6) is -0.894. The van der Waals surface area contributed by atoms with Crippen LogP contribution in [0.2, 0.25) is 0 Å². The molecular formula is C11H12N4O3. The summed E-state index contributed by atoms with van der Waals surface area (Å²) >= 11 is 0. The number of nitrogens with two attached hydrogens (primary N) is 1. The number of hydrogen-bond donors (Lipinski definition) is 3. The molecule has 4 N–H and O–H groups in total. The minimum atomic E-state index is -0.559. The summed E-state index contributed by atoms with van der Waals surface area (Å²) in [6.07, 6.45) is 0. The predicted octanol–water partition coefficient (Wildman–Crippen LogP) is -0.241. The van der Waals surface area contributed by atoms with Crippen LogP contribution in [0.3, 0.4) is 0 Å². The molecule has 0 radical (unpaired) electrons. The van der Waals surface area contributed by atoms with Crippen molar-refractivity contribution >= 4 is 29.2 Å². The smallest absolute Gasteiger partial charge is 0.325 e. The molecular weight excluding hydrogens is 236 g/mol. The highest BCUT2D eigenvalue weighted by Gasteiger charge is 2.30. The number of benzene rings is 1. The molecule has 1 fully saturated rings. The first kappa shape index (κ1) is 11.9. The largest absolute Gasteiger partial charge is 0.397 e. The number of nitrogens with one attached hydrogen (secondary N) is 2. The molecule has 0 aliphatic carbocycles. The molecule has 0 unspecified atom stereocenters. The number of imide groups is 1. The first-order valence-electron chi connectivity index (χ1n) is 5.30. The van der Waals surface area contributed by atoms with Gasteiger partial charge in [-0.25, -0.2) is 4.79 Å². The van der Waals surface area contributed by atoms with E-state index in [2.05, 4.69) is 10.6 Å². The van der Waals surface area contributed by atoms with Gasteiger partial charge in [-0.15, -0.1) is 0 Å². The first-order chi connectivity index (χ1) is 8.58. The number of para-hydroxylation sites is 2. The highest BCUT2D eigenvalue weighted by molar-refractivity contribution is 6.06. The Labute approximate surface area is 103 Å². The minimum Gasteiger partial charge on any atom is -0.397 e. The molecule has 94 valence electrons. The van der Waals surface area contributed by atoms with Gasteiger partial charge in [0.05, 0.1) is 17.9 Å². The van der Waals surface area contributed by atoms with E-state index < -0.39 is 17.8 Å². The van der Waals surface area contributed by atoms with Crippen molar-refractivity contribution in [3.05, 3.63) is 24.3 Å². The van der Waals surface area contributed by atoms with E-state index in [9.17, 15) is 14.4 Å². The molecule has 1 aliphatic rings. The van der Waals surface area contributed by atoms with E-state index in [1.807, 2.05) is 0 Å². The van der Waals surface area contributed by atoms with Crippen molar-refractivity contribution < 1.29 is 14.4 Å². The quantitative estimate of drug-likeness (QED) is 0.507. The van der Waals surface area contributed by atoms with Gasteiger partial charge in [0, 0.05) is 0 Å². The van der Waals surface area contributed by atoms with Crippen LogP contribution in [0.25, 0.3) is 0 Å². The van der Waals surface area contributed by atoms with Crippen LogP contribution < -0.4 is 16.4 Å². The summed E-state index contributed by atoms with van der Waals surface area (Å²) in [5.41, 5.74) is 6.53. The van der Waals surface area contributed by atoms with Crippen molar-refractivity contribution in [2.75, 3.05) is 24.1 Å². The van der Waals surface area contributed by atoms with Crippen molar-refractivity contribution in [1.29, 1.82) is 0 Å². The monoisotopic (exact) mass is 248 g/mol. The Morgan fingerprint density at radius 3 is 2.72 bits per heavy atom. The van der Waals surface area contributed by atoms with E-state index in [0.29, 0.717) is 11.4 Å². The number of nitrogen functional groups attached to an aromatic ring is 1. The maximum Gasteiger partial charge on any atom is 0.325 e. The number of carbonyl (C=O) groups is 3. The Morgan fingerprint density at radius 2 is 2.11 bits per heavy atom. The van der Waals surface area contributed by atoms with Crippen LogP contribution in [0.5, 0.6) is 0 Å². The topological polar surface area (TPSA) is 105 Å². The molecule has 7 nitrogen and oxygen atoms in total. The third-order valence-electron chi connectivity index (χ3n) is 2.47. The van der Waals surface area contributed by atoms with Crippen molar-refractivity contribution in [2.24, 2.45) is 0 Å². The van der Waals surface area contributed by atoms with Gasteiger partial charge in [-0.2, -0.15) is 0 Å². The summed E-state index contributed by atoms with van der Waals surface area (Å²) in [6, 6.07) is 6.18. The lowest BCUT2D eigenvalue weighted by Crippen LogP contribution is -2.38. The van der Waals surface area contributed by atoms with Gasteiger partial charge in [0.1, 0.15) is 6.54 Å². The third kappa shape index (κ3) is 2.40. The summed E-state index contributed by atoms with van der Waals surface area (Å²) in [4.78, 5) is 35.0. The van der Waals surface area contributed by atoms with Crippen LogP contribution in [0, 0.1) is 0 Å². The molecule has 1 aliphatic heterocycles. The van der Waals surface area contributed by atoms with Gasteiger partial charge < -0.3 is 16.4 Å². The van der Waals surface area contributed by atoms with E-state index in [4.69, 9.17) is 5.73 Å². The zero-order valence-corrected chi connectivity index (χ0v) is 9.47. The fraction of sp³-hybridized carbons (Fsp3) is 0.182. The Balaban J connectivity index is 1.99. The first-order valence-corrected chi connectivity index (χ1v) is 5.30. The zero-order chi connectivity index (χ0) is 13.1. The predicted molar refractivity (Wildman–Crippen MR) is 64.6 cm³/mol. The minimum absolute atomic E-state index is 0.0699. The molecule has 0 atom stereocenters. The molecule has 2 rings (SSSR count). The van der Waals surface area contributed by atoms with Crippen molar-refractivity contribution in [2.45, 2.75) is 0 Å². The third-order valence-corrected chi connectivity index (χ3v) is 2.47. The lowest BCUT2D eigenvalue weighted by Gasteiger charge is -2.13.